The summed E-state index contributed by atoms with van der Waals surface area (Å²) < 4.78 is 24.2. The Morgan fingerprint density at radius 1 is 0.848 bits per heavy atom. The predicted molar refractivity (Wildman–Crippen MR) is 166 cm³/mol. The molecule has 0 spiro atoms. The van der Waals surface area contributed by atoms with Gasteiger partial charge in [0.05, 0.1) is 24.4 Å². The van der Waals surface area contributed by atoms with Gasteiger partial charge in [-0.3, -0.25) is 4.79 Å². The van der Waals surface area contributed by atoms with Gasteiger partial charge in [-0.15, -0.1) is 0 Å². The minimum absolute atomic E-state index is 0.0118. The van der Waals surface area contributed by atoms with Crippen molar-refractivity contribution >= 4 is 22.6 Å². The van der Waals surface area contributed by atoms with Crippen molar-refractivity contribution in [2.75, 3.05) is 12.2 Å². The minimum Gasteiger partial charge on any atom is -0.508 e. The van der Waals surface area contributed by atoms with E-state index in [0.717, 1.165) is 11.8 Å². The maximum Gasteiger partial charge on any atom is 0.361 e. The molecule has 232 valence electrons. The van der Waals surface area contributed by atoms with E-state index in [1.165, 1.54) is 30.4 Å². The van der Waals surface area contributed by atoms with Crippen molar-refractivity contribution in [1.82, 2.24) is 0 Å². The summed E-state index contributed by atoms with van der Waals surface area (Å²) in [5.74, 6) is -0.153. The average molecular weight is 622 g/mol. The Labute approximate surface area is 261 Å². The number of benzene rings is 4. The van der Waals surface area contributed by atoms with Crippen molar-refractivity contribution < 1.29 is 43.6 Å². The molecule has 3 atom stereocenters. The van der Waals surface area contributed by atoms with Crippen LogP contribution in [0.25, 0.3) is 22.3 Å². The molecule has 1 fully saturated rings. The van der Waals surface area contributed by atoms with Gasteiger partial charge in [0.25, 0.3) is 0 Å². The van der Waals surface area contributed by atoms with Crippen molar-refractivity contribution in [1.29, 1.82) is 0 Å². The van der Waals surface area contributed by atoms with Crippen molar-refractivity contribution in [3.63, 3.8) is 0 Å². The Bertz CT molecular complexity index is 2090. The third-order valence-corrected chi connectivity index (χ3v) is 7.94. The largest absolute Gasteiger partial charge is 0.508 e. The average Bonchev–Trinajstić information content (AvgIpc) is 3.32. The summed E-state index contributed by atoms with van der Waals surface area (Å²) in [5.41, 5.74) is 1.67. The number of hydrogen-bond acceptors (Lipinski definition) is 11. The van der Waals surface area contributed by atoms with Gasteiger partial charge < -0.3 is 38.8 Å². The first-order chi connectivity index (χ1) is 22.2. The van der Waals surface area contributed by atoms with E-state index in [4.69, 9.17) is 23.5 Å². The number of ether oxygens (including phenoxy) is 3. The molecule has 0 radical (unpaired) electrons. The number of carbonyl (C=O) groups excluding carboxylic acids is 1. The third-order valence-electron chi connectivity index (χ3n) is 7.94. The van der Waals surface area contributed by atoms with Gasteiger partial charge in [-0.25, -0.2) is 4.79 Å². The van der Waals surface area contributed by atoms with Crippen LogP contribution in [0.15, 0.2) is 106 Å². The first-order valence-electron chi connectivity index (χ1n) is 14.3. The number of methoxy groups -OCH3 is 1. The van der Waals surface area contributed by atoms with Crippen LogP contribution in [0.4, 0.5) is 5.69 Å². The van der Waals surface area contributed by atoms with Gasteiger partial charge in [0.2, 0.25) is 0 Å². The number of anilines is 1. The molecular formula is C35H27NO10. The Balaban J connectivity index is 1.29. The van der Waals surface area contributed by atoms with Crippen LogP contribution in [-0.4, -0.2) is 40.5 Å². The van der Waals surface area contributed by atoms with Crippen LogP contribution in [0.3, 0.4) is 0 Å². The highest BCUT2D eigenvalue weighted by Gasteiger charge is 2.40. The molecule has 0 amide bonds. The lowest BCUT2D eigenvalue weighted by atomic mass is 9.98. The molecule has 5 aromatic rings. The lowest BCUT2D eigenvalue weighted by molar-refractivity contribution is -0.136. The van der Waals surface area contributed by atoms with Crippen LogP contribution in [-0.2, 0) is 9.63 Å². The van der Waals surface area contributed by atoms with Crippen LogP contribution in [0.1, 0.15) is 18.6 Å². The van der Waals surface area contributed by atoms with Gasteiger partial charge in [-0.2, -0.15) is 5.06 Å². The first-order valence-corrected chi connectivity index (χ1v) is 14.3. The van der Waals surface area contributed by atoms with E-state index >= 15 is 0 Å². The second-order valence-electron chi connectivity index (χ2n) is 10.9. The molecule has 2 aliphatic rings. The number of rotatable bonds is 5. The molecule has 0 saturated carbocycles. The molecule has 3 heterocycles. The Morgan fingerprint density at radius 3 is 2.43 bits per heavy atom. The summed E-state index contributed by atoms with van der Waals surface area (Å²) >= 11 is 0. The molecule has 0 aliphatic carbocycles. The normalized spacial score (nSPS) is 19.8. The molecular weight excluding hydrogens is 594 g/mol. The van der Waals surface area contributed by atoms with Crippen LogP contribution >= 0.6 is 0 Å². The van der Waals surface area contributed by atoms with Gasteiger partial charge in [-0.05, 0) is 55.5 Å². The number of phenols is 3. The number of hydroxylamine groups is 1. The second-order valence-corrected chi connectivity index (χ2v) is 10.9. The lowest BCUT2D eigenvalue weighted by Crippen LogP contribution is -2.33. The second kappa shape index (κ2) is 11.1. The fraction of sp³-hybridized carbons (Fsp3) is 0.143. The summed E-state index contributed by atoms with van der Waals surface area (Å²) in [4.78, 5) is 31.6. The van der Waals surface area contributed by atoms with Crippen molar-refractivity contribution in [2.24, 2.45) is 0 Å². The Kier molecular flexibility index (Phi) is 6.93. The van der Waals surface area contributed by atoms with E-state index in [1.807, 2.05) is 37.3 Å². The fourth-order valence-corrected chi connectivity index (χ4v) is 5.66. The molecule has 1 aromatic heterocycles. The van der Waals surface area contributed by atoms with Crippen molar-refractivity contribution in [3.05, 3.63) is 112 Å². The van der Waals surface area contributed by atoms with Gasteiger partial charge >= 0.3 is 5.97 Å². The van der Waals surface area contributed by atoms with Crippen molar-refractivity contribution in [2.45, 2.75) is 25.2 Å². The molecule has 2 aliphatic heterocycles. The molecule has 3 unspecified atom stereocenters. The van der Waals surface area contributed by atoms with Crippen LogP contribution in [0.2, 0.25) is 0 Å². The van der Waals surface area contributed by atoms with Crippen LogP contribution in [0.5, 0.6) is 34.5 Å². The smallest absolute Gasteiger partial charge is 0.361 e. The zero-order valence-corrected chi connectivity index (χ0v) is 24.5. The predicted octanol–water partition coefficient (Wildman–Crippen LogP) is 5.76. The zero-order valence-electron chi connectivity index (χ0n) is 24.5. The maximum absolute atomic E-state index is 13.1. The summed E-state index contributed by atoms with van der Waals surface area (Å²) in [7, 11) is 1.43. The SMILES string of the molecule is COc1cc(C2Oc3cc(-c4cc(=O)c5c(O)cc(O)cc5o4)ccc3OC2/C=C2/C(=O)ON(c3ccccc3)C2C)ccc1O. The number of para-hydroxylation sites is 1. The standard InChI is InChI=1S/C35H27NO10/c1-18-23(35(41)46-36(18)21-6-4-3-5-7-21)16-32-34(20-8-10-24(38)29(13-20)42-2)45-30-12-19(9-11-27(30)43-32)28-17-26(40)33-25(39)14-22(37)15-31(33)44-28/h3-18,32,34,37-39H,1-2H3/b23-16+. The lowest BCUT2D eigenvalue weighted by Gasteiger charge is -2.33. The minimum atomic E-state index is -0.812. The van der Waals surface area contributed by atoms with E-state index in [9.17, 15) is 24.9 Å². The number of aromatic hydroxyl groups is 3. The van der Waals surface area contributed by atoms with E-state index in [0.29, 0.717) is 28.2 Å². The number of hydrogen-bond donors (Lipinski definition) is 3. The van der Waals surface area contributed by atoms with Crippen molar-refractivity contribution in [3.8, 4) is 45.8 Å². The highest BCUT2D eigenvalue weighted by atomic mass is 16.7. The first kappa shape index (κ1) is 28.7. The summed E-state index contributed by atoms with van der Waals surface area (Å²) in [5, 5.41) is 31.8. The number of fused-ring (bicyclic) bond motifs is 2. The van der Waals surface area contributed by atoms with E-state index in [-0.39, 0.29) is 34.0 Å². The zero-order chi connectivity index (χ0) is 32.1. The van der Waals surface area contributed by atoms with E-state index in [1.54, 1.807) is 36.4 Å². The highest BCUT2D eigenvalue weighted by Crippen LogP contribution is 2.44. The summed E-state index contributed by atoms with van der Waals surface area (Å²) in [6.45, 7) is 1.85. The maximum atomic E-state index is 13.1. The summed E-state index contributed by atoms with van der Waals surface area (Å²) in [6.07, 6.45) is 0.0592. The molecule has 0 bridgehead atoms. The quantitative estimate of drug-likeness (QED) is 0.206. The highest BCUT2D eigenvalue weighted by molar-refractivity contribution is 5.94. The molecule has 4 aromatic carbocycles. The molecule has 11 heteroatoms. The number of carbonyl (C=O) groups is 1. The van der Waals surface area contributed by atoms with E-state index < -0.39 is 35.4 Å². The Hall–Kier alpha value is -6.10. The molecule has 46 heavy (non-hydrogen) atoms. The van der Waals surface area contributed by atoms with Gasteiger partial charge in [-0.1, -0.05) is 24.3 Å². The number of nitrogens with zero attached hydrogens (tertiary/aromatic N) is 1. The molecule has 11 nitrogen and oxygen atoms in total. The third kappa shape index (κ3) is 4.97. The topological polar surface area (TPSA) is 148 Å². The number of phenolic OH excluding ortho intramolecular Hbond substituents is 3. The fourth-order valence-electron chi connectivity index (χ4n) is 5.66. The monoisotopic (exact) mass is 621 g/mol. The van der Waals surface area contributed by atoms with Crippen LogP contribution in [0, 0.1) is 0 Å². The molecule has 7 rings (SSSR count). The Morgan fingerprint density at radius 2 is 1.65 bits per heavy atom. The van der Waals surface area contributed by atoms with Crippen LogP contribution < -0.4 is 24.7 Å². The van der Waals surface area contributed by atoms with Gasteiger partial charge in [0.1, 0.15) is 28.2 Å². The van der Waals surface area contributed by atoms with E-state index in [2.05, 4.69) is 0 Å². The van der Waals surface area contributed by atoms with Gasteiger partial charge in [0.15, 0.2) is 40.6 Å². The molecule has 1 saturated heterocycles. The van der Waals surface area contributed by atoms with Gasteiger partial charge in [0, 0.05) is 29.3 Å². The summed E-state index contributed by atoms with van der Waals surface area (Å²) in [6, 6.07) is 22.1. The molecule has 3 N–H and O–H groups in total.